The Balaban J connectivity index is 2.53. The maximum atomic E-state index is 12.9. The molecular formula is C11H7FN2O2. The van der Waals surface area contributed by atoms with Gasteiger partial charge in [-0.25, -0.2) is 4.39 Å². The van der Waals surface area contributed by atoms with E-state index in [1.54, 1.807) is 0 Å². The van der Waals surface area contributed by atoms with Crippen molar-refractivity contribution in [3.63, 3.8) is 0 Å². The quantitative estimate of drug-likeness (QED) is 0.801. The van der Waals surface area contributed by atoms with E-state index in [4.69, 9.17) is 5.26 Å². The Kier molecular flexibility index (Phi) is 2.56. The number of halogens is 1. The van der Waals surface area contributed by atoms with Crippen molar-refractivity contribution in [2.24, 2.45) is 0 Å². The molecule has 1 heterocycles. The fraction of sp³-hybridized carbons (Fsp3) is 0.0909. The predicted molar refractivity (Wildman–Crippen MR) is 53.8 cm³/mol. The number of hydrogen-bond acceptors (Lipinski definition) is 3. The monoisotopic (exact) mass is 218 g/mol. The van der Waals surface area contributed by atoms with E-state index in [1.807, 2.05) is 6.07 Å². The number of ether oxygens (including phenoxy) is 1. The van der Waals surface area contributed by atoms with Crippen molar-refractivity contribution >= 4 is 17.4 Å². The second kappa shape index (κ2) is 4.03. The highest BCUT2D eigenvalue weighted by atomic mass is 19.1. The molecule has 2 rings (SSSR count). The number of aromatic nitrogens is 1. The lowest BCUT2D eigenvalue weighted by Gasteiger charge is -2.04. The Hall–Kier alpha value is -2.35. The highest BCUT2D eigenvalue weighted by Crippen LogP contribution is 2.26. The lowest BCUT2D eigenvalue weighted by atomic mass is 10.1. The minimum atomic E-state index is -0.975. The van der Waals surface area contributed by atoms with E-state index in [1.165, 1.54) is 24.4 Å². The van der Waals surface area contributed by atoms with Crippen molar-refractivity contribution in [3.8, 4) is 6.07 Å². The summed E-state index contributed by atoms with van der Waals surface area (Å²) in [5.41, 5.74) is 1.08. The molecule has 0 aliphatic heterocycles. The van der Waals surface area contributed by atoms with Gasteiger partial charge < -0.3 is 9.72 Å². The molecule has 0 spiro atoms. The van der Waals surface area contributed by atoms with E-state index in [0.717, 1.165) is 0 Å². The maximum Gasteiger partial charge on any atom is 0.294 e. The minimum Gasteiger partial charge on any atom is -0.444 e. The summed E-state index contributed by atoms with van der Waals surface area (Å²) in [4.78, 5) is 13.0. The second-order valence-electron chi connectivity index (χ2n) is 3.18. The summed E-state index contributed by atoms with van der Waals surface area (Å²) in [5, 5.41) is 9.48. The van der Waals surface area contributed by atoms with Gasteiger partial charge in [0.05, 0.1) is 0 Å². The first-order chi connectivity index (χ1) is 7.76. The molecule has 2 aromatic rings. The molecule has 5 heteroatoms. The molecule has 1 N–H and O–H groups in total. The summed E-state index contributed by atoms with van der Waals surface area (Å²) < 4.78 is 17.5. The Morgan fingerprint density at radius 1 is 1.56 bits per heavy atom. The van der Waals surface area contributed by atoms with Gasteiger partial charge in [0, 0.05) is 22.7 Å². The van der Waals surface area contributed by atoms with Crippen LogP contribution in [0.25, 0.3) is 10.9 Å². The van der Waals surface area contributed by atoms with Gasteiger partial charge in [-0.2, -0.15) is 5.26 Å². The number of benzene rings is 1. The molecule has 0 fully saturated rings. The third-order valence-corrected chi connectivity index (χ3v) is 2.27. The second-order valence-corrected chi connectivity index (χ2v) is 3.18. The first-order valence-electron chi connectivity index (χ1n) is 4.51. The average molecular weight is 218 g/mol. The molecule has 1 aromatic heterocycles. The largest absolute Gasteiger partial charge is 0.444 e. The fourth-order valence-corrected chi connectivity index (χ4v) is 1.57. The fourth-order valence-electron chi connectivity index (χ4n) is 1.57. The number of nitrogens with zero attached hydrogens (tertiary/aromatic N) is 1. The van der Waals surface area contributed by atoms with Crippen molar-refractivity contribution in [1.82, 2.24) is 4.98 Å². The van der Waals surface area contributed by atoms with Gasteiger partial charge in [0.2, 0.25) is 6.10 Å². The van der Waals surface area contributed by atoms with Gasteiger partial charge >= 0.3 is 0 Å². The number of nitriles is 1. The molecule has 0 aliphatic carbocycles. The Morgan fingerprint density at radius 2 is 2.38 bits per heavy atom. The highest BCUT2D eigenvalue weighted by molar-refractivity contribution is 5.84. The smallest absolute Gasteiger partial charge is 0.294 e. The van der Waals surface area contributed by atoms with E-state index in [2.05, 4.69) is 9.72 Å². The predicted octanol–water partition coefficient (Wildman–Crippen LogP) is 2.04. The van der Waals surface area contributed by atoms with E-state index in [9.17, 15) is 9.18 Å². The molecule has 1 unspecified atom stereocenters. The van der Waals surface area contributed by atoms with E-state index < -0.39 is 6.10 Å². The van der Waals surface area contributed by atoms with Crippen LogP contribution in [0.1, 0.15) is 11.7 Å². The Bertz CT molecular complexity index is 571. The van der Waals surface area contributed by atoms with Crippen LogP contribution in [0.4, 0.5) is 4.39 Å². The number of H-pyrrole nitrogens is 1. The van der Waals surface area contributed by atoms with Crippen molar-refractivity contribution in [2.45, 2.75) is 6.10 Å². The molecule has 16 heavy (non-hydrogen) atoms. The SMILES string of the molecule is N#CC(OC=O)c1c[nH]c2cc(F)ccc12. The highest BCUT2D eigenvalue weighted by Gasteiger charge is 2.16. The molecular weight excluding hydrogens is 211 g/mol. The molecule has 0 bridgehead atoms. The molecule has 4 nitrogen and oxygen atoms in total. The van der Waals surface area contributed by atoms with E-state index >= 15 is 0 Å². The van der Waals surface area contributed by atoms with Gasteiger partial charge in [-0.3, -0.25) is 4.79 Å². The zero-order chi connectivity index (χ0) is 11.5. The molecule has 0 aliphatic rings. The van der Waals surface area contributed by atoms with Gasteiger partial charge in [-0.05, 0) is 18.2 Å². The molecule has 0 radical (unpaired) electrons. The molecule has 0 amide bonds. The average Bonchev–Trinajstić information content (AvgIpc) is 2.68. The number of carbonyl (C=O) groups is 1. The number of fused-ring (bicyclic) bond motifs is 1. The summed E-state index contributed by atoms with van der Waals surface area (Å²) in [6.07, 6.45) is 0.554. The van der Waals surface area contributed by atoms with Crippen molar-refractivity contribution in [2.75, 3.05) is 0 Å². The van der Waals surface area contributed by atoms with Gasteiger partial charge in [-0.1, -0.05) is 0 Å². The van der Waals surface area contributed by atoms with Gasteiger partial charge in [0.1, 0.15) is 11.9 Å². The third-order valence-electron chi connectivity index (χ3n) is 2.27. The standard InChI is InChI=1S/C11H7FN2O2/c12-7-1-2-8-9(5-14-10(8)3-7)11(4-13)16-6-15/h1-3,5-6,11,14H. The van der Waals surface area contributed by atoms with Crippen LogP contribution in [-0.2, 0) is 9.53 Å². The zero-order valence-electron chi connectivity index (χ0n) is 8.11. The summed E-state index contributed by atoms with van der Waals surface area (Å²) in [6, 6.07) is 5.98. The number of nitrogens with one attached hydrogen (secondary N) is 1. The van der Waals surface area contributed by atoms with Crippen LogP contribution in [0.2, 0.25) is 0 Å². The van der Waals surface area contributed by atoms with E-state index in [-0.39, 0.29) is 12.3 Å². The van der Waals surface area contributed by atoms with Crippen LogP contribution in [-0.4, -0.2) is 11.5 Å². The maximum absolute atomic E-state index is 12.9. The van der Waals surface area contributed by atoms with Gasteiger partial charge in [0.25, 0.3) is 6.47 Å². The van der Waals surface area contributed by atoms with Gasteiger partial charge in [0.15, 0.2) is 0 Å². The molecule has 0 saturated heterocycles. The van der Waals surface area contributed by atoms with Crippen LogP contribution >= 0.6 is 0 Å². The Morgan fingerprint density at radius 3 is 3.06 bits per heavy atom. The van der Waals surface area contributed by atoms with Crippen molar-refractivity contribution < 1.29 is 13.9 Å². The molecule has 80 valence electrons. The van der Waals surface area contributed by atoms with Crippen molar-refractivity contribution in [3.05, 3.63) is 35.8 Å². The topological polar surface area (TPSA) is 65.9 Å². The third kappa shape index (κ3) is 1.61. The first-order valence-corrected chi connectivity index (χ1v) is 4.51. The first kappa shape index (κ1) is 10.2. The zero-order valence-corrected chi connectivity index (χ0v) is 8.11. The summed E-state index contributed by atoms with van der Waals surface area (Å²) in [6.45, 7) is 0.218. The van der Waals surface area contributed by atoms with E-state index in [0.29, 0.717) is 16.5 Å². The molecule has 1 atom stereocenters. The molecule has 0 saturated carbocycles. The number of hydrogen-bond donors (Lipinski definition) is 1. The van der Waals surface area contributed by atoms with Crippen molar-refractivity contribution in [1.29, 1.82) is 5.26 Å². The molecule has 1 aromatic carbocycles. The summed E-state index contributed by atoms with van der Waals surface area (Å²) >= 11 is 0. The van der Waals surface area contributed by atoms with Crippen LogP contribution in [0.3, 0.4) is 0 Å². The summed E-state index contributed by atoms with van der Waals surface area (Å²) in [5.74, 6) is -0.370. The summed E-state index contributed by atoms with van der Waals surface area (Å²) in [7, 11) is 0. The van der Waals surface area contributed by atoms with Crippen LogP contribution in [0.15, 0.2) is 24.4 Å². The number of carbonyl (C=O) groups excluding carboxylic acids is 1. The Labute approximate surface area is 90.3 Å². The van der Waals surface area contributed by atoms with Crippen LogP contribution < -0.4 is 0 Å². The number of aromatic amines is 1. The lowest BCUT2D eigenvalue weighted by Crippen LogP contribution is -1.99. The number of rotatable bonds is 3. The van der Waals surface area contributed by atoms with Crippen LogP contribution in [0, 0.1) is 17.1 Å². The van der Waals surface area contributed by atoms with Crippen LogP contribution in [0.5, 0.6) is 0 Å². The lowest BCUT2D eigenvalue weighted by molar-refractivity contribution is -0.131. The van der Waals surface area contributed by atoms with Gasteiger partial charge in [-0.15, -0.1) is 0 Å². The normalized spacial score (nSPS) is 12.0. The minimum absolute atomic E-state index is 0.218.